The van der Waals surface area contributed by atoms with Crippen LogP contribution in [0.15, 0.2) is 0 Å². The molecule has 0 aromatic heterocycles. The summed E-state index contributed by atoms with van der Waals surface area (Å²) in [6, 6.07) is 0. The van der Waals surface area contributed by atoms with Gasteiger partial charge in [0.15, 0.2) is 0 Å². The number of hydrogen-bond acceptors (Lipinski definition) is 2. The second-order valence-electron chi connectivity index (χ2n) is 6.02. The van der Waals surface area contributed by atoms with Gasteiger partial charge in [0.05, 0.1) is 5.75 Å². The van der Waals surface area contributed by atoms with Crippen molar-refractivity contribution < 1.29 is 13.0 Å². The van der Waals surface area contributed by atoms with Crippen LogP contribution in [0.25, 0.3) is 0 Å². The van der Waals surface area contributed by atoms with Crippen molar-refractivity contribution in [2.24, 2.45) is 5.92 Å². The molecule has 128 valence electrons. The van der Waals surface area contributed by atoms with Crippen molar-refractivity contribution in [2.45, 2.75) is 90.9 Å². The van der Waals surface area contributed by atoms with Gasteiger partial charge in [-0.1, -0.05) is 78.1 Å². The standard InChI is InChI=1S/C16H34O3S.Pb.2H/c1-3-5-7-9-10-12-14-16(15-20(17,18)19)13-11-8-6-4-2;;;/h16H,3-15H2,1-2H3,(H,17,18,19);;;. The number of rotatable bonds is 14. The molecule has 3 nitrogen and oxygen atoms in total. The molecular formula is C16H36O3PbS. The minimum atomic E-state index is -3.82. The van der Waals surface area contributed by atoms with Gasteiger partial charge in [0, 0.05) is 0 Å². The first-order valence-corrected chi connectivity index (χ1v) is 10.1. The summed E-state index contributed by atoms with van der Waals surface area (Å²) in [6.45, 7) is 4.38. The Morgan fingerprint density at radius 2 is 1.14 bits per heavy atom. The van der Waals surface area contributed by atoms with E-state index in [1.54, 1.807) is 0 Å². The Kier molecular flexibility index (Phi) is 18.0. The molecule has 0 heterocycles. The topological polar surface area (TPSA) is 54.4 Å². The predicted octanol–water partition coefficient (Wildman–Crippen LogP) is 4.30. The van der Waals surface area contributed by atoms with Gasteiger partial charge in [0.1, 0.15) is 0 Å². The zero-order valence-electron chi connectivity index (χ0n) is 14.1. The molecule has 1 N–H and O–H groups in total. The average Bonchev–Trinajstić information content (AvgIpc) is 2.36. The Morgan fingerprint density at radius 3 is 1.57 bits per heavy atom. The van der Waals surface area contributed by atoms with Crippen LogP contribution in [0.2, 0.25) is 0 Å². The quantitative estimate of drug-likeness (QED) is 0.213. The third kappa shape index (κ3) is 18.8. The van der Waals surface area contributed by atoms with E-state index in [2.05, 4.69) is 13.8 Å². The summed E-state index contributed by atoms with van der Waals surface area (Å²) in [7, 11) is -3.82. The van der Waals surface area contributed by atoms with Gasteiger partial charge in [0.2, 0.25) is 0 Å². The van der Waals surface area contributed by atoms with Crippen molar-refractivity contribution in [3.05, 3.63) is 0 Å². The molecule has 0 fully saturated rings. The SMILES string of the molecule is CCCCCCCCC(CCCCCC)CS(=O)(=O)O.[PbH2]. The van der Waals surface area contributed by atoms with Crippen LogP contribution >= 0.6 is 0 Å². The van der Waals surface area contributed by atoms with Crippen LogP contribution in [0.5, 0.6) is 0 Å². The number of hydrogen-bond donors (Lipinski definition) is 1. The first-order chi connectivity index (χ1) is 9.49. The zero-order chi connectivity index (χ0) is 15.3. The molecule has 0 aromatic rings. The van der Waals surface area contributed by atoms with Gasteiger partial charge >= 0.3 is 27.3 Å². The summed E-state index contributed by atoms with van der Waals surface area (Å²) in [5.74, 6) is 0.0988. The zero-order valence-corrected chi connectivity index (χ0v) is 20.5. The third-order valence-electron chi connectivity index (χ3n) is 3.88. The molecule has 0 saturated heterocycles. The molecule has 0 amide bonds. The van der Waals surface area contributed by atoms with Crippen molar-refractivity contribution >= 4 is 37.4 Å². The van der Waals surface area contributed by atoms with E-state index in [1.165, 1.54) is 51.4 Å². The van der Waals surface area contributed by atoms with E-state index in [1.807, 2.05) is 0 Å². The Hall–Kier alpha value is 0.832. The molecule has 0 bridgehead atoms. The first-order valence-electron chi connectivity index (χ1n) is 8.44. The summed E-state index contributed by atoms with van der Waals surface area (Å²) < 4.78 is 31.2. The fourth-order valence-corrected chi connectivity index (χ4v) is 3.61. The molecule has 0 rings (SSSR count). The molecule has 1 unspecified atom stereocenters. The number of unbranched alkanes of at least 4 members (excludes halogenated alkanes) is 8. The molecule has 5 heteroatoms. The maximum atomic E-state index is 11.1. The molecule has 21 heavy (non-hydrogen) atoms. The Labute approximate surface area is 152 Å². The van der Waals surface area contributed by atoms with Gasteiger partial charge in [-0.2, -0.15) is 8.42 Å². The summed E-state index contributed by atoms with van der Waals surface area (Å²) in [4.78, 5) is 0. The fourth-order valence-electron chi connectivity index (χ4n) is 2.68. The van der Waals surface area contributed by atoms with Crippen LogP contribution in [-0.4, -0.2) is 46.0 Å². The molecule has 0 saturated carbocycles. The maximum absolute atomic E-state index is 11.1. The van der Waals surface area contributed by atoms with Crippen molar-refractivity contribution in [3.63, 3.8) is 0 Å². The summed E-state index contributed by atoms with van der Waals surface area (Å²) in [5, 5.41) is 0. The fraction of sp³-hybridized carbons (Fsp3) is 1.00. The molecule has 0 aliphatic rings. The second kappa shape index (κ2) is 15.7. The van der Waals surface area contributed by atoms with E-state index in [0.717, 1.165) is 25.7 Å². The normalized spacial score (nSPS) is 12.9. The Morgan fingerprint density at radius 1 is 0.762 bits per heavy atom. The summed E-state index contributed by atoms with van der Waals surface area (Å²) >= 11 is 0. The van der Waals surface area contributed by atoms with Crippen LogP contribution in [0.3, 0.4) is 0 Å². The summed E-state index contributed by atoms with van der Waals surface area (Å²) in [5.41, 5.74) is 0. The molecular weight excluding hydrogens is 479 g/mol. The van der Waals surface area contributed by atoms with Crippen molar-refractivity contribution in [1.82, 2.24) is 0 Å². The van der Waals surface area contributed by atoms with Gasteiger partial charge in [-0.05, 0) is 18.8 Å². The minimum absolute atomic E-state index is 0. The van der Waals surface area contributed by atoms with Crippen molar-refractivity contribution in [2.75, 3.05) is 5.75 Å². The molecule has 1 atom stereocenters. The van der Waals surface area contributed by atoms with Crippen LogP contribution in [-0.2, 0) is 10.1 Å². The van der Waals surface area contributed by atoms with E-state index >= 15 is 0 Å². The monoisotopic (exact) mass is 516 g/mol. The Bertz CT molecular complexity index is 305. The van der Waals surface area contributed by atoms with Crippen LogP contribution in [0.1, 0.15) is 90.9 Å². The van der Waals surface area contributed by atoms with Gasteiger partial charge in [-0.15, -0.1) is 0 Å². The molecule has 0 aliphatic heterocycles. The van der Waals surface area contributed by atoms with E-state index in [0.29, 0.717) is 0 Å². The van der Waals surface area contributed by atoms with Crippen LogP contribution in [0.4, 0.5) is 0 Å². The predicted molar refractivity (Wildman–Crippen MR) is 95.2 cm³/mol. The van der Waals surface area contributed by atoms with Crippen molar-refractivity contribution in [3.8, 4) is 0 Å². The first kappa shape index (κ1) is 24.1. The molecule has 0 aromatic carbocycles. The van der Waals surface area contributed by atoms with Gasteiger partial charge in [0.25, 0.3) is 10.1 Å². The Balaban J connectivity index is 0. The second-order valence-corrected chi connectivity index (χ2v) is 7.52. The van der Waals surface area contributed by atoms with E-state index in [9.17, 15) is 8.42 Å². The van der Waals surface area contributed by atoms with Crippen molar-refractivity contribution in [1.29, 1.82) is 0 Å². The van der Waals surface area contributed by atoms with Crippen LogP contribution < -0.4 is 0 Å². The van der Waals surface area contributed by atoms with E-state index < -0.39 is 10.1 Å². The van der Waals surface area contributed by atoms with E-state index in [-0.39, 0.29) is 39.0 Å². The van der Waals surface area contributed by atoms with Gasteiger partial charge < -0.3 is 0 Å². The van der Waals surface area contributed by atoms with Crippen LogP contribution in [0, 0.1) is 5.92 Å². The average molecular weight is 516 g/mol. The van der Waals surface area contributed by atoms with Gasteiger partial charge in [-0.3, -0.25) is 4.55 Å². The molecule has 0 aliphatic carbocycles. The molecule has 2 radical (unpaired) electrons. The summed E-state index contributed by atoms with van der Waals surface area (Å²) in [6.07, 6.45) is 13.9. The van der Waals surface area contributed by atoms with E-state index in [4.69, 9.17) is 4.55 Å². The van der Waals surface area contributed by atoms with Gasteiger partial charge in [-0.25, -0.2) is 0 Å². The third-order valence-corrected chi connectivity index (χ3v) is 4.77. The molecule has 0 spiro atoms.